The zero-order chi connectivity index (χ0) is 13.9. The lowest BCUT2D eigenvalue weighted by molar-refractivity contribution is 0.311. The van der Waals surface area contributed by atoms with Gasteiger partial charge in [-0.05, 0) is 24.5 Å². The van der Waals surface area contributed by atoms with E-state index in [9.17, 15) is 0 Å². The van der Waals surface area contributed by atoms with Crippen LogP contribution < -0.4 is 5.73 Å². The highest BCUT2D eigenvalue weighted by atomic mass is 15.3. The number of benzene rings is 1. The second kappa shape index (κ2) is 5.57. The topological polar surface area (TPSA) is 43.8 Å². The predicted molar refractivity (Wildman–Crippen MR) is 78.8 cm³/mol. The standard InChI is InChI=1S/C16H23N3/c1-4-16(5-2,13-9-7-6-8-10-13)15(17)14-11-12-18-19(14)3/h6-12,15H,4-5,17H2,1-3H3. The molecule has 3 heteroatoms. The van der Waals surface area contributed by atoms with Crippen molar-refractivity contribution in [3.8, 4) is 0 Å². The number of nitrogens with two attached hydrogens (primary N) is 1. The van der Waals surface area contributed by atoms with E-state index in [2.05, 4.69) is 49.3 Å². The Balaban J connectivity index is 2.48. The summed E-state index contributed by atoms with van der Waals surface area (Å²) in [5.41, 5.74) is 8.98. The quantitative estimate of drug-likeness (QED) is 0.894. The van der Waals surface area contributed by atoms with Crippen molar-refractivity contribution in [2.75, 3.05) is 0 Å². The fourth-order valence-corrected chi connectivity index (χ4v) is 3.02. The molecule has 0 spiro atoms. The van der Waals surface area contributed by atoms with Gasteiger partial charge in [-0.25, -0.2) is 0 Å². The molecule has 2 rings (SSSR count). The lowest BCUT2D eigenvalue weighted by Gasteiger charge is -2.38. The molecule has 2 N–H and O–H groups in total. The molecule has 0 radical (unpaired) electrons. The van der Waals surface area contributed by atoms with Gasteiger partial charge >= 0.3 is 0 Å². The maximum absolute atomic E-state index is 6.61. The second-order valence-electron chi connectivity index (χ2n) is 5.09. The van der Waals surface area contributed by atoms with Gasteiger partial charge in [0.2, 0.25) is 0 Å². The smallest absolute Gasteiger partial charge is 0.0564 e. The number of hydrogen-bond acceptors (Lipinski definition) is 2. The summed E-state index contributed by atoms with van der Waals surface area (Å²) in [7, 11) is 1.95. The Morgan fingerprint density at radius 1 is 1.16 bits per heavy atom. The molecular formula is C16H23N3. The van der Waals surface area contributed by atoms with Crippen LogP contribution in [0.15, 0.2) is 42.6 Å². The first kappa shape index (κ1) is 13.8. The molecule has 1 heterocycles. The molecule has 0 bridgehead atoms. The summed E-state index contributed by atoms with van der Waals surface area (Å²) in [6, 6.07) is 12.6. The van der Waals surface area contributed by atoms with Crippen molar-refractivity contribution in [2.45, 2.75) is 38.1 Å². The lowest BCUT2D eigenvalue weighted by atomic mass is 9.69. The molecule has 1 aromatic carbocycles. The number of nitrogens with zero attached hydrogens (tertiary/aromatic N) is 2. The van der Waals surface area contributed by atoms with E-state index in [1.54, 1.807) is 0 Å². The molecule has 1 unspecified atom stereocenters. The van der Waals surface area contributed by atoms with Crippen LogP contribution in [-0.4, -0.2) is 9.78 Å². The Morgan fingerprint density at radius 2 is 1.79 bits per heavy atom. The summed E-state index contributed by atoms with van der Waals surface area (Å²) in [5.74, 6) is 0. The Kier molecular flexibility index (Phi) is 4.05. The minimum Gasteiger partial charge on any atom is -0.322 e. The highest BCUT2D eigenvalue weighted by Gasteiger charge is 2.37. The molecule has 1 atom stereocenters. The van der Waals surface area contributed by atoms with Crippen molar-refractivity contribution in [3.05, 3.63) is 53.9 Å². The van der Waals surface area contributed by atoms with Gasteiger partial charge in [-0.1, -0.05) is 44.2 Å². The molecule has 0 amide bonds. The molecule has 0 aliphatic carbocycles. The number of rotatable bonds is 5. The van der Waals surface area contributed by atoms with Gasteiger partial charge in [-0.15, -0.1) is 0 Å². The molecule has 2 aromatic rings. The molecule has 0 aliphatic heterocycles. The van der Waals surface area contributed by atoms with Crippen LogP contribution in [0.3, 0.4) is 0 Å². The average molecular weight is 257 g/mol. The monoisotopic (exact) mass is 257 g/mol. The van der Waals surface area contributed by atoms with Gasteiger partial charge in [0.25, 0.3) is 0 Å². The van der Waals surface area contributed by atoms with Crippen LogP contribution in [0.2, 0.25) is 0 Å². The Hall–Kier alpha value is -1.61. The fourth-order valence-electron chi connectivity index (χ4n) is 3.02. The van der Waals surface area contributed by atoms with Crippen LogP contribution in [0.4, 0.5) is 0 Å². The Morgan fingerprint density at radius 3 is 2.26 bits per heavy atom. The molecule has 0 aliphatic rings. The van der Waals surface area contributed by atoms with E-state index in [-0.39, 0.29) is 11.5 Å². The molecule has 0 saturated heterocycles. The Bertz CT molecular complexity index is 512. The van der Waals surface area contributed by atoms with Crippen molar-refractivity contribution < 1.29 is 0 Å². The first-order valence-electron chi connectivity index (χ1n) is 6.94. The lowest BCUT2D eigenvalue weighted by Crippen LogP contribution is -2.39. The third-order valence-corrected chi connectivity index (χ3v) is 4.38. The highest BCUT2D eigenvalue weighted by Crippen LogP contribution is 2.41. The second-order valence-corrected chi connectivity index (χ2v) is 5.09. The van der Waals surface area contributed by atoms with Crippen LogP contribution in [0.1, 0.15) is 44.0 Å². The highest BCUT2D eigenvalue weighted by molar-refractivity contribution is 5.30. The number of aromatic nitrogens is 2. The minimum absolute atomic E-state index is 0.0327. The summed E-state index contributed by atoms with van der Waals surface area (Å²) in [6.07, 6.45) is 3.84. The maximum atomic E-state index is 6.61. The number of aryl methyl sites for hydroxylation is 1. The van der Waals surface area contributed by atoms with Gasteiger partial charge < -0.3 is 5.73 Å². The van der Waals surface area contributed by atoms with Crippen molar-refractivity contribution in [2.24, 2.45) is 12.8 Å². The van der Waals surface area contributed by atoms with Crippen molar-refractivity contribution in [3.63, 3.8) is 0 Å². The van der Waals surface area contributed by atoms with Crippen LogP contribution in [0.5, 0.6) is 0 Å². The van der Waals surface area contributed by atoms with E-state index in [1.165, 1.54) is 5.56 Å². The summed E-state index contributed by atoms with van der Waals surface area (Å²) in [4.78, 5) is 0. The molecule has 0 saturated carbocycles. The van der Waals surface area contributed by atoms with Gasteiger partial charge in [0, 0.05) is 18.7 Å². The normalized spacial score (nSPS) is 13.5. The molecule has 0 fully saturated rings. The van der Waals surface area contributed by atoms with Gasteiger partial charge in [-0.2, -0.15) is 5.10 Å². The molecule has 102 valence electrons. The van der Waals surface area contributed by atoms with E-state index in [0.717, 1.165) is 18.5 Å². The van der Waals surface area contributed by atoms with E-state index >= 15 is 0 Å². The van der Waals surface area contributed by atoms with E-state index < -0.39 is 0 Å². The molecule has 3 nitrogen and oxygen atoms in total. The average Bonchev–Trinajstić information content (AvgIpc) is 2.88. The summed E-state index contributed by atoms with van der Waals surface area (Å²) >= 11 is 0. The first-order valence-corrected chi connectivity index (χ1v) is 6.94. The van der Waals surface area contributed by atoms with Gasteiger partial charge in [0.1, 0.15) is 0 Å². The van der Waals surface area contributed by atoms with E-state index in [0.29, 0.717) is 0 Å². The SMILES string of the molecule is CCC(CC)(c1ccccc1)C(N)c1ccnn1C. The zero-order valence-corrected chi connectivity index (χ0v) is 12.0. The van der Waals surface area contributed by atoms with Crippen LogP contribution in [-0.2, 0) is 12.5 Å². The van der Waals surface area contributed by atoms with Crippen molar-refractivity contribution in [1.29, 1.82) is 0 Å². The summed E-state index contributed by atoms with van der Waals surface area (Å²) in [5, 5.41) is 4.25. The van der Waals surface area contributed by atoms with E-state index in [4.69, 9.17) is 5.73 Å². The maximum Gasteiger partial charge on any atom is 0.0564 e. The molecule has 1 aromatic heterocycles. The van der Waals surface area contributed by atoms with Crippen molar-refractivity contribution in [1.82, 2.24) is 9.78 Å². The third kappa shape index (κ3) is 2.30. The van der Waals surface area contributed by atoms with Crippen LogP contribution in [0.25, 0.3) is 0 Å². The zero-order valence-electron chi connectivity index (χ0n) is 12.0. The van der Waals surface area contributed by atoms with Crippen LogP contribution in [0, 0.1) is 0 Å². The van der Waals surface area contributed by atoms with Gasteiger partial charge in [-0.3, -0.25) is 4.68 Å². The predicted octanol–water partition coefficient (Wildman–Crippen LogP) is 3.18. The molecular weight excluding hydrogens is 234 g/mol. The fraction of sp³-hybridized carbons (Fsp3) is 0.438. The van der Waals surface area contributed by atoms with Crippen LogP contribution >= 0.6 is 0 Å². The Labute approximate surface area is 115 Å². The number of hydrogen-bond donors (Lipinski definition) is 1. The van der Waals surface area contributed by atoms with Crippen molar-refractivity contribution >= 4 is 0 Å². The summed E-state index contributed by atoms with van der Waals surface area (Å²) in [6.45, 7) is 4.43. The van der Waals surface area contributed by atoms with Gasteiger partial charge in [0.05, 0.1) is 11.7 Å². The van der Waals surface area contributed by atoms with E-state index in [1.807, 2.05) is 24.0 Å². The molecule has 19 heavy (non-hydrogen) atoms. The largest absolute Gasteiger partial charge is 0.322 e. The van der Waals surface area contributed by atoms with Gasteiger partial charge in [0.15, 0.2) is 0 Å². The third-order valence-electron chi connectivity index (χ3n) is 4.38. The first-order chi connectivity index (χ1) is 9.15. The minimum atomic E-state index is -0.0441. The summed E-state index contributed by atoms with van der Waals surface area (Å²) < 4.78 is 1.88.